The number of halogens is 3. The zero-order valence-electron chi connectivity index (χ0n) is 13.3. The molecule has 0 amide bonds. The summed E-state index contributed by atoms with van der Waals surface area (Å²) in [4.78, 5) is 24.5. The largest absolute Gasteiger partial charge is 0.463 e. The van der Waals surface area contributed by atoms with Crippen molar-refractivity contribution in [2.75, 3.05) is 6.61 Å². The third-order valence-electron chi connectivity index (χ3n) is 3.28. The molecule has 0 radical (unpaired) electrons. The van der Waals surface area contributed by atoms with Crippen molar-refractivity contribution in [2.24, 2.45) is 0 Å². The fraction of sp³-hybridized carbons (Fsp3) is 0.222. The fourth-order valence-corrected chi connectivity index (χ4v) is 3.11. The van der Waals surface area contributed by atoms with Gasteiger partial charge in [0.05, 0.1) is 13.0 Å². The normalized spacial score (nSPS) is 11.7. The molecule has 4 nitrogen and oxygen atoms in total. The average Bonchev–Trinajstić information content (AvgIpc) is 2.57. The minimum Gasteiger partial charge on any atom is -0.463 e. The molecule has 0 aliphatic carbocycles. The Kier molecular flexibility index (Phi) is 7.12. The Hall–Kier alpha value is -1.75. The minimum absolute atomic E-state index is 0.175. The molecule has 132 valence electrons. The second kappa shape index (κ2) is 9.09. The third kappa shape index (κ3) is 5.36. The Balaban J connectivity index is 2.19. The van der Waals surface area contributed by atoms with Gasteiger partial charge in [-0.3, -0.25) is 4.79 Å². The molecule has 0 saturated heterocycles. The molecule has 0 spiro atoms. The van der Waals surface area contributed by atoms with Crippen LogP contribution in [0.25, 0.3) is 0 Å². The van der Waals surface area contributed by atoms with Crippen LogP contribution < -0.4 is 0 Å². The summed E-state index contributed by atoms with van der Waals surface area (Å²) in [7, 11) is 0. The third-order valence-corrected chi connectivity index (χ3v) is 4.17. The van der Waals surface area contributed by atoms with Crippen LogP contribution in [0.15, 0.2) is 42.5 Å². The number of hydrogen-bond donors (Lipinski definition) is 0. The number of carbonyl (C=O) groups excluding carboxylic acids is 2. The van der Waals surface area contributed by atoms with E-state index in [2.05, 4.69) is 0 Å². The lowest BCUT2D eigenvalue weighted by Gasteiger charge is -2.17. The Labute approximate surface area is 160 Å². The molecular weight excluding hydrogens is 387 g/mol. The van der Waals surface area contributed by atoms with E-state index in [1.165, 1.54) is 12.1 Å². The number of ether oxygens (including phenoxy) is 2. The van der Waals surface area contributed by atoms with Gasteiger partial charge in [-0.15, -0.1) is 0 Å². The summed E-state index contributed by atoms with van der Waals surface area (Å²) in [6.45, 7) is 1.85. The minimum atomic E-state index is -1.15. The number of esters is 2. The van der Waals surface area contributed by atoms with Crippen LogP contribution in [0.3, 0.4) is 0 Å². The van der Waals surface area contributed by atoms with E-state index in [4.69, 9.17) is 44.3 Å². The summed E-state index contributed by atoms with van der Waals surface area (Å²) in [6, 6.07) is 11.6. The van der Waals surface area contributed by atoms with Gasteiger partial charge in [0, 0.05) is 26.2 Å². The van der Waals surface area contributed by atoms with Crippen molar-refractivity contribution < 1.29 is 19.1 Å². The molecule has 2 aromatic carbocycles. The molecule has 1 unspecified atom stereocenters. The molecule has 0 bridgehead atoms. The van der Waals surface area contributed by atoms with Crippen molar-refractivity contribution in [1.29, 1.82) is 0 Å². The van der Waals surface area contributed by atoms with E-state index in [1.807, 2.05) is 0 Å². The molecule has 0 heterocycles. The van der Waals surface area contributed by atoms with Gasteiger partial charge in [-0.2, -0.15) is 0 Å². The van der Waals surface area contributed by atoms with Crippen LogP contribution in [0.2, 0.25) is 15.1 Å². The summed E-state index contributed by atoms with van der Waals surface area (Å²) in [5.41, 5.74) is 0.899. The van der Waals surface area contributed by atoms with Crippen molar-refractivity contribution in [2.45, 2.75) is 19.4 Å². The van der Waals surface area contributed by atoms with Gasteiger partial charge >= 0.3 is 11.9 Å². The van der Waals surface area contributed by atoms with E-state index >= 15 is 0 Å². The molecule has 0 fully saturated rings. The van der Waals surface area contributed by atoms with Crippen LogP contribution in [0, 0.1) is 0 Å². The predicted molar refractivity (Wildman–Crippen MR) is 97.1 cm³/mol. The van der Waals surface area contributed by atoms with Gasteiger partial charge < -0.3 is 9.47 Å². The molecule has 0 aliphatic heterocycles. The number of carbonyl (C=O) groups is 2. The molecular formula is C18H15Cl3O4. The maximum Gasteiger partial charge on any atom is 0.352 e. The van der Waals surface area contributed by atoms with Crippen molar-refractivity contribution >= 4 is 46.7 Å². The lowest BCUT2D eigenvalue weighted by Crippen LogP contribution is -2.23. The van der Waals surface area contributed by atoms with Crippen LogP contribution >= 0.6 is 34.8 Å². The summed E-state index contributed by atoms with van der Waals surface area (Å²) in [5, 5.41) is 0.865. The maximum atomic E-state index is 12.3. The van der Waals surface area contributed by atoms with Crippen molar-refractivity contribution in [3.05, 3.63) is 68.7 Å². The SMILES string of the molecule is CCOC(=O)C(OC(=O)Cc1c(Cl)cc(Cl)cc1Cl)c1ccccc1. The second-order valence-electron chi connectivity index (χ2n) is 5.06. The maximum absolute atomic E-state index is 12.3. The van der Waals surface area contributed by atoms with E-state index in [-0.39, 0.29) is 23.1 Å². The summed E-state index contributed by atoms with van der Waals surface area (Å²) in [5.74, 6) is -1.30. The Morgan fingerprint density at radius 2 is 1.64 bits per heavy atom. The monoisotopic (exact) mass is 400 g/mol. The van der Waals surface area contributed by atoms with Gasteiger partial charge in [-0.25, -0.2) is 4.79 Å². The highest BCUT2D eigenvalue weighted by atomic mass is 35.5. The highest BCUT2D eigenvalue weighted by molar-refractivity contribution is 6.39. The summed E-state index contributed by atoms with van der Waals surface area (Å²) < 4.78 is 10.3. The molecule has 25 heavy (non-hydrogen) atoms. The van der Waals surface area contributed by atoms with E-state index in [0.717, 1.165) is 0 Å². The van der Waals surface area contributed by atoms with Crippen LogP contribution in [0.1, 0.15) is 24.2 Å². The lowest BCUT2D eigenvalue weighted by molar-refractivity contribution is -0.167. The first-order valence-corrected chi connectivity index (χ1v) is 8.60. The van der Waals surface area contributed by atoms with Gasteiger partial charge in [0.1, 0.15) is 0 Å². The smallest absolute Gasteiger partial charge is 0.352 e. The number of benzene rings is 2. The van der Waals surface area contributed by atoms with Gasteiger partial charge in [0.2, 0.25) is 6.10 Å². The van der Waals surface area contributed by atoms with Gasteiger partial charge in [0.25, 0.3) is 0 Å². The van der Waals surface area contributed by atoms with Crippen LogP contribution in [-0.2, 0) is 25.5 Å². The molecule has 7 heteroatoms. The quantitative estimate of drug-likeness (QED) is 0.637. The average molecular weight is 402 g/mol. The fourth-order valence-electron chi connectivity index (χ4n) is 2.16. The van der Waals surface area contributed by atoms with E-state index in [9.17, 15) is 9.59 Å². The standard InChI is InChI=1S/C18H15Cl3O4/c1-2-24-18(23)17(11-6-4-3-5-7-11)25-16(22)10-13-14(20)8-12(19)9-15(13)21/h3-9,17H,2,10H2,1H3. The summed E-state index contributed by atoms with van der Waals surface area (Å²) >= 11 is 18.0. The molecule has 0 saturated carbocycles. The first-order valence-electron chi connectivity index (χ1n) is 7.46. The van der Waals surface area contributed by atoms with Crippen molar-refractivity contribution in [3.63, 3.8) is 0 Å². The van der Waals surface area contributed by atoms with Crippen molar-refractivity contribution in [1.82, 2.24) is 0 Å². The lowest BCUT2D eigenvalue weighted by atomic mass is 10.1. The molecule has 0 aromatic heterocycles. The van der Waals surface area contributed by atoms with Gasteiger partial charge in [-0.1, -0.05) is 65.1 Å². The molecule has 2 rings (SSSR count). The summed E-state index contributed by atoms with van der Waals surface area (Å²) in [6.07, 6.45) is -1.35. The first kappa shape index (κ1) is 19.6. The Morgan fingerprint density at radius 1 is 1.04 bits per heavy atom. The zero-order valence-corrected chi connectivity index (χ0v) is 15.6. The highest BCUT2D eigenvalue weighted by Gasteiger charge is 2.27. The molecule has 0 N–H and O–H groups in total. The van der Waals surface area contributed by atoms with E-state index in [0.29, 0.717) is 16.1 Å². The number of hydrogen-bond acceptors (Lipinski definition) is 4. The molecule has 1 atom stereocenters. The Bertz CT molecular complexity index is 739. The second-order valence-corrected chi connectivity index (χ2v) is 6.31. The van der Waals surface area contributed by atoms with Gasteiger partial charge in [0.15, 0.2) is 0 Å². The predicted octanol–water partition coefficient (Wildman–Crippen LogP) is 5.04. The zero-order chi connectivity index (χ0) is 18.4. The number of rotatable bonds is 6. The van der Waals surface area contributed by atoms with Crippen molar-refractivity contribution in [3.8, 4) is 0 Å². The van der Waals surface area contributed by atoms with Gasteiger partial charge in [-0.05, 0) is 19.1 Å². The Morgan fingerprint density at radius 3 is 2.20 bits per heavy atom. The van der Waals surface area contributed by atoms with Crippen LogP contribution in [0.4, 0.5) is 0 Å². The van der Waals surface area contributed by atoms with Crippen LogP contribution in [0.5, 0.6) is 0 Å². The highest BCUT2D eigenvalue weighted by Crippen LogP contribution is 2.30. The molecule has 2 aromatic rings. The van der Waals surface area contributed by atoms with E-state index in [1.54, 1.807) is 37.3 Å². The van der Waals surface area contributed by atoms with E-state index < -0.39 is 18.0 Å². The van der Waals surface area contributed by atoms with Crippen LogP contribution in [-0.4, -0.2) is 18.5 Å². The first-order chi connectivity index (χ1) is 11.9. The topological polar surface area (TPSA) is 52.6 Å². The molecule has 0 aliphatic rings.